The summed E-state index contributed by atoms with van der Waals surface area (Å²) >= 11 is 0. The van der Waals surface area contributed by atoms with Crippen molar-refractivity contribution in [3.8, 4) is 5.75 Å². The molecule has 0 radical (unpaired) electrons. The molecule has 0 unspecified atom stereocenters. The number of carbonyl (C=O) groups excluding carboxylic acids is 1. The Morgan fingerprint density at radius 1 is 1.07 bits per heavy atom. The molecule has 4 heteroatoms. The van der Waals surface area contributed by atoms with Crippen molar-refractivity contribution in [1.82, 2.24) is 10.2 Å². The van der Waals surface area contributed by atoms with E-state index in [9.17, 15) is 4.79 Å². The number of hydrogen-bond donors (Lipinski definition) is 1. The van der Waals surface area contributed by atoms with E-state index in [1.165, 1.54) is 24.0 Å². The molecule has 1 saturated carbocycles. The summed E-state index contributed by atoms with van der Waals surface area (Å²) in [6.07, 6.45) is 4.56. The van der Waals surface area contributed by atoms with Crippen LogP contribution < -0.4 is 10.1 Å². The molecule has 2 aromatic rings. The van der Waals surface area contributed by atoms with Crippen molar-refractivity contribution in [2.45, 2.75) is 45.2 Å². The number of piperidine rings is 1. The van der Waals surface area contributed by atoms with Gasteiger partial charge >= 0.3 is 0 Å². The minimum absolute atomic E-state index is 0.0193. The van der Waals surface area contributed by atoms with Gasteiger partial charge in [0.25, 0.3) is 5.91 Å². The quantitative estimate of drug-likeness (QED) is 0.786. The van der Waals surface area contributed by atoms with Gasteiger partial charge in [0, 0.05) is 31.2 Å². The lowest BCUT2D eigenvalue weighted by Crippen LogP contribution is -2.44. The summed E-state index contributed by atoms with van der Waals surface area (Å²) < 4.78 is 5.75. The zero-order valence-corrected chi connectivity index (χ0v) is 16.7. The molecule has 28 heavy (non-hydrogen) atoms. The lowest BCUT2D eigenvalue weighted by Gasteiger charge is -2.32. The zero-order valence-electron chi connectivity index (χ0n) is 16.7. The van der Waals surface area contributed by atoms with Gasteiger partial charge in [-0.3, -0.25) is 9.69 Å². The maximum Gasteiger partial charge on any atom is 0.251 e. The second-order valence-electron chi connectivity index (χ2n) is 8.29. The molecule has 1 saturated heterocycles. The topological polar surface area (TPSA) is 41.6 Å². The lowest BCUT2D eigenvalue weighted by atomic mass is 10.0. The highest BCUT2D eigenvalue weighted by Gasteiger charge is 2.23. The molecule has 1 heterocycles. The fourth-order valence-electron chi connectivity index (χ4n) is 3.77. The summed E-state index contributed by atoms with van der Waals surface area (Å²) in [4.78, 5) is 15.0. The lowest BCUT2D eigenvalue weighted by molar-refractivity contribution is 0.0909. The number of hydrogen-bond acceptors (Lipinski definition) is 3. The second-order valence-corrected chi connectivity index (χ2v) is 8.29. The van der Waals surface area contributed by atoms with Gasteiger partial charge in [-0.1, -0.05) is 29.8 Å². The maximum absolute atomic E-state index is 12.5. The number of amides is 1. The van der Waals surface area contributed by atoms with Gasteiger partial charge in [-0.25, -0.2) is 0 Å². The van der Waals surface area contributed by atoms with Crippen LogP contribution in [0.25, 0.3) is 0 Å². The Labute approximate surface area is 167 Å². The van der Waals surface area contributed by atoms with Crippen LogP contribution in [0.3, 0.4) is 0 Å². The first-order chi connectivity index (χ1) is 13.7. The fourth-order valence-corrected chi connectivity index (χ4v) is 3.77. The van der Waals surface area contributed by atoms with E-state index < -0.39 is 0 Å². The third-order valence-corrected chi connectivity index (χ3v) is 5.71. The molecule has 1 amide bonds. The molecule has 1 N–H and O–H groups in total. The standard InChI is InChI=1S/C24H30N2O2/c1-18-3-2-4-20(15-18)16-26-13-11-22(12-14-26)25-24(27)21-7-9-23(10-8-21)28-17-19-5-6-19/h2-4,7-10,15,19,22H,5-6,11-14,16-17H2,1H3,(H,25,27). The summed E-state index contributed by atoms with van der Waals surface area (Å²) in [5, 5.41) is 3.20. The van der Waals surface area contributed by atoms with Crippen LogP contribution in [0, 0.1) is 12.8 Å². The van der Waals surface area contributed by atoms with Crippen molar-refractivity contribution in [1.29, 1.82) is 0 Å². The number of ether oxygens (including phenoxy) is 1. The molecule has 1 aliphatic heterocycles. The molecular weight excluding hydrogens is 348 g/mol. The minimum Gasteiger partial charge on any atom is -0.493 e. The fraction of sp³-hybridized carbons (Fsp3) is 0.458. The van der Waals surface area contributed by atoms with E-state index in [1.807, 2.05) is 24.3 Å². The Bertz CT molecular complexity index is 791. The summed E-state index contributed by atoms with van der Waals surface area (Å²) in [5.74, 6) is 1.61. The molecule has 2 aromatic carbocycles. The largest absolute Gasteiger partial charge is 0.493 e. The van der Waals surface area contributed by atoms with Crippen LogP contribution in [0.4, 0.5) is 0 Å². The van der Waals surface area contributed by atoms with E-state index in [2.05, 4.69) is 41.4 Å². The minimum atomic E-state index is 0.0193. The average Bonchev–Trinajstić information content (AvgIpc) is 3.53. The summed E-state index contributed by atoms with van der Waals surface area (Å²) in [6, 6.07) is 16.5. The predicted octanol–water partition coefficient (Wildman–Crippen LogP) is 4.18. The van der Waals surface area contributed by atoms with Crippen molar-refractivity contribution in [3.05, 3.63) is 65.2 Å². The van der Waals surface area contributed by atoms with E-state index in [0.29, 0.717) is 5.56 Å². The Kier molecular flexibility index (Phi) is 5.96. The molecule has 0 atom stereocenters. The zero-order chi connectivity index (χ0) is 19.3. The molecule has 2 aliphatic rings. The van der Waals surface area contributed by atoms with Gasteiger partial charge in [0.2, 0.25) is 0 Å². The van der Waals surface area contributed by atoms with E-state index in [1.54, 1.807) is 0 Å². The second kappa shape index (κ2) is 8.78. The Hall–Kier alpha value is -2.33. The number of benzene rings is 2. The van der Waals surface area contributed by atoms with Gasteiger partial charge in [-0.2, -0.15) is 0 Å². The third kappa shape index (κ3) is 5.35. The molecule has 0 bridgehead atoms. The molecule has 1 aliphatic carbocycles. The van der Waals surface area contributed by atoms with Crippen LogP contribution in [-0.2, 0) is 6.54 Å². The van der Waals surface area contributed by atoms with E-state index in [4.69, 9.17) is 4.74 Å². The van der Waals surface area contributed by atoms with Crippen LogP contribution in [-0.4, -0.2) is 36.5 Å². The maximum atomic E-state index is 12.5. The average molecular weight is 379 g/mol. The van der Waals surface area contributed by atoms with Crippen molar-refractivity contribution in [2.75, 3.05) is 19.7 Å². The highest BCUT2D eigenvalue weighted by Crippen LogP contribution is 2.29. The van der Waals surface area contributed by atoms with Gasteiger partial charge in [-0.05, 0) is 68.4 Å². The summed E-state index contributed by atoms with van der Waals surface area (Å²) in [6.45, 7) is 5.97. The number of nitrogens with one attached hydrogen (secondary N) is 1. The van der Waals surface area contributed by atoms with Crippen LogP contribution in [0.2, 0.25) is 0 Å². The molecule has 0 spiro atoms. The summed E-state index contributed by atoms with van der Waals surface area (Å²) in [7, 11) is 0. The van der Waals surface area contributed by atoms with Crippen LogP contribution in [0.5, 0.6) is 5.75 Å². The highest BCUT2D eigenvalue weighted by atomic mass is 16.5. The number of rotatable bonds is 7. The molecule has 2 fully saturated rings. The van der Waals surface area contributed by atoms with Crippen molar-refractivity contribution < 1.29 is 9.53 Å². The van der Waals surface area contributed by atoms with Gasteiger partial charge in [0.15, 0.2) is 0 Å². The monoisotopic (exact) mass is 378 g/mol. The number of nitrogens with zero attached hydrogens (tertiary/aromatic N) is 1. The first-order valence-electron chi connectivity index (χ1n) is 10.5. The SMILES string of the molecule is Cc1cccc(CN2CCC(NC(=O)c3ccc(OCC4CC4)cc3)CC2)c1. The number of carbonyl (C=O) groups is 1. The highest BCUT2D eigenvalue weighted by molar-refractivity contribution is 5.94. The normalized spacial score (nSPS) is 18.0. The predicted molar refractivity (Wildman–Crippen MR) is 112 cm³/mol. The van der Waals surface area contributed by atoms with E-state index in [-0.39, 0.29) is 11.9 Å². The number of aryl methyl sites for hydroxylation is 1. The smallest absolute Gasteiger partial charge is 0.251 e. The van der Waals surface area contributed by atoms with Gasteiger partial charge < -0.3 is 10.1 Å². The number of likely N-dealkylation sites (tertiary alicyclic amines) is 1. The Balaban J connectivity index is 1.22. The first-order valence-corrected chi connectivity index (χ1v) is 10.5. The third-order valence-electron chi connectivity index (χ3n) is 5.71. The van der Waals surface area contributed by atoms with Crippen molar-refractivity contribution in [3.63, 3.8) is 0 Å². The van der Waals surface area contributed by atoms with Crippen LogP contribution in [0.1, 0.15) is 47.2 Å². The van der Waals surface area contributed by atoms with Crippen molar-refractivity contribution >= 4 is 5.91 Å². The van der Waals surface area contributed by atoms with Gasteiger partial charge in [-0.15, -0.1) is 0 Å². The molecule has 0 aromatic heterocycles. The van der Waals surface area contributed by atoms with Crippen LogP contribution >= 0.6 is 0 Å². The Morgan fingerprint density at radius 3 is 2.50 bits per heavy atom. The first kappa shape index (κ1) is 19.0. The van der Waals surface area contributed by atoms with Crippen molar-refractivity contribution in [2.24, 2.45) is 5.92 Å². The van der Waals surface area contributed by atoms with E-state index in [0.717, 1.165) is 50.8 Å². The molecule has 148 valence electrons. The molecule has 4 rings (SSSR count). The van der Waals surface area contributed by atoms with E-state index >= 15 is 0 Å². The molecular formula is C24H30N2O2. The summed E-state index contributed by atoms with van der Waals surface area (Å²) in [5.41, 5.74) is 3.39. The van der Waals surface area contributed by atoms with Gasteiger partial charge in [0.1, 0.15) is 5.75 Å². The van der Waals surface area contributed by atoms with Crippen LogP contribution in [0.15, 0.2) is 48.5 Å². The Morgan fingerprint density at radius 2 is 1.82 bits per heavy atom. The van der Waals surface area contributed by atoms with Gasteiger partial charge in [0.05, 0.1) is 6.61 Å². The molecule has 4 nitrogen and oxygen atoms in total.